The minimum atomic E-state index is -0.831. The quantitative estimate of drug-likeness (QED) is 0.857. The molecule has 4 heteroatoms. The van der Waals surface area contributed by atoms with Gasteiger partial charge in [-0.2, -0.15) is 0 Å². The number of carbonyl (C=O) groups is 1. The van der Waals surface area contributed by atoms with Crippen molar-refractivity contribution in [1.29, 1.82) is 0 Å². The molecular formula is C12H15ClO3. The number of carboxylic acid groups (broad SMARTS) is 1. The molecule has 0 aliphatic heterocycles. The van der Waals surface area contributed by atoms with Crippen LogP contribution < -0.4 is 0 Å². The van der Waals surface area contributed by atoms with Gasteiger partial charge in [0.15, 0.2) is 0 Å². The number of aryl methyl sites for hydroxylation is 1. The highest BCUT2D eigenvalue weighted by Gasteiger charge is 2.17. The van der Waals surface area contributed by atoms with Crippen LogP contribution in [0.1, 0.15) is 23.6 Å². The normalized spacial score (nSPS) is 12.5. The molecule has 2 N–H and O–H groups in total. The van der Waals surface area contributed by atoms with Crippen LogP contribution in [0.4, 0.5) is 0 Å². The summed E-state index contributed by atoms with van der Waals surface area (Å²) >= 11 is 5.92. The van der Waals surface area contributed by atoms with E-state index in [1.165, 1.54) is 0 Å². The number of hydrogen-bond acceptors (Lipinski definition) is 2. The van der Waals surface area contributed by atoms with E-state index in [-0.39, 0.29) is 5.75 Å². The summed E-state index contributed by atoms with van der Waals surface area (Å²) in [5.41, 5.74) is 2.53. The number of phenolic OH excluding ortho intramolecular Hbond substituents is 1. The smallest absolute Gasteiger partial charge is 0.306 e. The molecule has 0 amide bonds. The molecule has 0 spiro atoms. The molecule has 0 aliphatic rings. The van der Waals surface area contributed by atoms with Gasteiger partial charge in [0.2, 0.25) is 0 Å². The Hall–Kier alpha value is -1.22. The highest BCUT2D eigenvalue weighted by molar-refractivity contribution is 6.32. The molecule has 0 bridgehead atoms. The highest BCUT2D eigenvalue weighted by Crippen LogP contribution is 2.32. The first-order chi connectivity index (χ1) is 7.34. The van der Waals surface area contributed by atoms with Crippen molar-refractivity contribution in [3.63, 3.8) is 0 Å². The van der Waals surface area contributed by atoms with Crippen LogP contribution >= 0.6 is 11.6 Å². The van der Waals surface area contributed by atoms with Gasteiger partial charge in [-0.3, -0.25) is 4.79 Å². The van der Waals surface area contributed by atoms with Gasteiger partial charge in [-0.25, -0.2) is 0 Å². The summed E-state index contributed by atoms with van der Waals surface area (Å²) in [5.74, 6) is -1.25. The predicted molar refractivity (Wildman–Crippen MR) is 63.1 cm³/mol. The third kappa shape index (κ3) is 2.47. The summed E-state index contributed by atoms with van der Waals surface area (Å²) < 4.78 is 0. The molecule has 0 saturated heterocycles. The molecule has 88 valence electrons. The molecule has 3 nitrogen and oxygen atoms in total. The number of halogens is 1. The monoisotopic (exact) mass is 242 g/mol. The first-order valence-corrected chi connectivity index (χ1v) is 5.42. The Morgan fingerprint density at radius 3 is 2.56 bits per heavy atom. The van der Waals surface area contributed by atoms with Crippen molar-refractivity contribution in [1.82, 2.24) is 0 Å². The number of rotatable bonds is 3. The Labute approximate surface area is 99.7 Å². The fraction of sp³-hybridized carbons (Fsp3) is 0.417. The lowest BCUT2D eigenvalue weighted by Gasteiger charge is -2.14. The van der Waals surface area contributed by atoms with Gasteiger partial charge in [-0.15, -0.1) is 0 Å². The lowest BCUT2D eigenvalue weighted by molar-refractivity contribution is -0.141. The average Bonchev–Trinajstić information content (AvgIpc) is 2.20. The van der Waals surface area contributed by atoms with E-state index in [0.29, 0.717) is 11.4 Å². The van der Waals surface area contributed by atoms with E-state index in [1.54, 1.807) is 19.9 Å². The topological polar surface area (TPSA) is 57.5 Å². The highest BCUT2D eigenvalue weighted by atomic mass is 35.5. The van der Waals surface area contributed by atoms with Gasteiger partial charge < -0.3 is 10.2 Å². The van der Waals surface area contributed by atoms with Gasteiger partial charge in [-0.1, -0.05) is 18.5 Å². The van der Waals surface area contributed by atoms with E-state index in [2.05, 4.69) is 0 Å². The number of hydrogen-bond donors (Lipinski definition) is 2. The molecule has 0 radical (unpaired) electrons. The summed E-state index contributed by atoms with van der Waals surface area (Å²) in [6, 6.07) is 1.57. The summed E-state index contributed by atoms with van der Waals surface area (Å²) in [6.07, 6.45) is 0.424. The largest absolute Gasteiger partial charge is 0.506 e. The van der Waals surface area contributed by atoms with E-state index in [9.17, 15) is 9.90 Å². The Kier molecular flexibility index (Phi) is 3.81. The number of phenols is 1. The van der Waals surface area contributed by atoms with Gasteiger partial charge in [0, 0.05) is 0 Å². The molecule has 0 saturated carbocycles. The fourth-order valence-corrected chi connectivity index (χ4v) is 1.85. The molecule has 16 heavy (non-hydrogen) atoms. The van der Waals surface area contributed by atoms with Crippen molar-refractivity contribution in [2.24, 2.45) is 5.92 Å². The SMILES string of the molecule is Cc1cc(O)c(Cl)c(C)c1CC(C)C(=O)O. The van der Waals surface area contributed by atoms with Crippen LogP contribution in [0.5, 0.6) is 5.75 Å². The van der Waals surface area contributed by atoms with Gasteiger partial charge in [0.25, 0.3) is 0 Å². The molecule has 1 aromatic rings. The molecule has 1 rings (SSSR count). The molecule has 1 atom stereocenters. The van der Waals surface area contributed by atoms with Crippen molar-refractivity contribution >= 4 is 17.6 Å². The first-order valence-electron chi connectivity index (χ1n) is 5.05. The van der Waals surface area contributed by atoms with Gasteiger partial charge in [0.1, 0.15) is 5.75 Å². The van der Waals surface area contributed by atoms with Crippen LogP contribution in [0, 0.1) is 19.8 Å². The van der Waals surface area contributed by atoms with Crippen molar-refractivity contribution in [2.45, 2.75) is 27.2 Å². The maximum Gasteiger partial charge on any atom is 0.306 e. The zero-order valence-electron chi connectivity index (χ0n) is 9.54. The van der Waals surface area contributed by atoms with Crippen LogP contribution in [-0.2, 0) is 11.2 Å². The summed E-state index contributed by atoms with van der Waals surface area (Å²) in [7, 11) is 0. The predicted octanol–water partition coefficient (Wildman–Crippen LogP) is 2.93. The fourth-order valence-electron chi connectivity index (χ4n) is 1.68. The van der Waals surface area contributed by atoms with Gasteiger partial charge >= 0.3 is 5.97 Å². The molecular weight excluding hydrogens is 228 g/mol. The van der Waals surface area contributed by atoms with Crippen LogP contribution in [0.2, 0.25) is 5.02 Å². The average molecular weight is 243 g/mol. The maximum atomic E-state index is 10.8. The first kappa shape index (κ1) is 12.8. The van der Waals surface area contributed by atoms with Crippen LogP contribution in [0.25, 0.3) is 0 Å². The Morgan fingerprint density at radius 2 is 2.06 bits per heavy atom. The molecule has 1 unspecified atom stereocenters. The minimum Gasteiger partial charge on any atom is -0.506 e. The van der Waals surface area contributed by atoms with Crippen LogP contribution in [-0.4, -0.2) is 16.2 Å². The van der Waals surface area contributed by atoms with E-state index in [1.807, 2.05) is 6.92 Å². The van der Waals surface area contributed by atoms with E-state index >= 15 is 0 Å². The van der Waals surface area contributed by atoms with E-state index < -0.39 is 11.9 Å². The molecule has 0 aromatic heterocycles. The molecule has 0 heterocycles. The van der Waals surface area contributed by atoms with E-state index in [0.717, 1.165) is 16.7 Å². The summed E-state index contributed by atoms with van der Waals surface area (Å²) in [6.45, 7) is 5.29. The molecule has 0 aliphatic carbocycles. The Morgan fingerprint density at radius 1 is 1.50 bits per heavy atom. The van der Waals surface area contributed by atoms with Crippen LogP contribution in [0.3, 0.4) is 0 Å². The number of benzene rings is 1. The van der Waals surface area contributed by atoms with Gasteiger partial charge in [0.05, 0.1) is 10.9 Å². The second-order valence-corrected chi connectivity index (χ2v) is 4.45. The van der Waals surface area contributed by atoms with Crippen LogP contribution in [0.15, 0.2) is 6.07 Å². The van der Waals surface area contributed by atoms with Crippen molar-refractivity contribution in [3.05, 3.63) is 27.8 Å². The minimum absolute atomic E-state index is 0.0448. The zero-order chi connectivity index (χ0) is 12.5. The number of aromatic hydroxyl groups is 1. The molecule has 1 aromatic carbocycles. The Balaban J connectivity index is 3.14. The lowest BCUT2D eigenvalue weighted by atomic mass is 9.93. The summed E-state index contributed by atoms with van der Waals surface area (Å²) in [4.78, 5) is 10.8. The second kappa shape index (κ2) is 4.74. The zero-order valence-corrected chi connectivity index (χ0v) is 10.3. The summed E-state index contributed by atoms with van der Waals surface area (Å²) in [5, 5.41) is 18.7. The standard InChI is InChI=1S/C12H15ClO3/c1-6-5-10(14)11(13)8(3)9(6)4-7(2)12(15)16/h5,7,14H,4H2,1-3H3,(H,15,16). The Bertz CT molecular complexity index is 427. The van der Waals surface area contributed by atoms with Gasteiger partial charge in [-0.05, 0) is 43.0 Å². The van der Waals surface area contributed by atoms with E-state index in [4.69, 9.17) is 16.7 Å². The van der Waals surface area contributed by atoms with Crippen molar-refractivity contribution in [2.75, 3.05) is 0 Å². The third-order valence-electron chi connectivity index (χ3n) is 2.77. The third-order valence-corrected chi connectivity index (χ3v) is 3.24. The number of carboxylic acids is 1. The number of aliphatic carboxylic acids is 1. The maximum absolute atomic E-state index is 10.8. The van der Waals surface area contributed by atoms with Crippen molar-refractivity contribution in [3.8, 4) is 5.75 Å². The second-order valence-electron chi connectivity index (χ2n) is 4.07. The lowest BCUT2D eigenvalue weighted by Crippen LogP contribution is -2.13. The van der Waals surface area contributed by atoms with Crippen molar-refractivity contribution < 1.29 is 15.0 Å². The molecule has 0 fully saturated rings.